The van der Waals surface area contributed by atoms with Gasteiger partial charge in [0.1, 0.15) is 0 Å². The molecule has 0 aliphatic carbocycles. The van der Waals surface area contributed by atoms with Crippen molar-refractivity contribution in [1.29, 1.82) is 5.26 Å². The second kappa shape index (κ2) is 4.51. The summed E-state index contributed by atoms with van der Waals surface area (Å²) in [6.07, 6.45) is 3.46. The molecule has 2 saturated heterocycles. The van der Waals surface area contributed by atoms with Gasteiger partial charge in [-0.25, -0.2) is 0 Å². The maximum absolute atomic E-state index is 8.80. The highest BCUT2D eigenvalue weighted by molar-refractivity contribution is 5.59. The number of anilines is 2. The van der Waals surface area contributed by atoms with Crippen molar-refractivity contribution in [3.05, 3.63) is 23.8 Å². The number of morpholine rings is 1. The highest BCUT2D eigenvalue weighted by Crippen LogP contribution is 2.30. The van der Waals surface area contributed by atoms with Gasteiger partial charge in [-0.15, -0.1) is 0 Å². The fourth-order valence-electron chi connectivity index (χ4n) is 2.85. The van der Waals surface area contributed by atoms with Crippen molar-refractivity contribution in [1.82, 2.24) is 0 Å². The van der Waals surface area contributed by atoms with Gasteiger partial charge in [0, 0.05) is 24.5 Å². The van der Waals surface area contributed by atoms with Crippen LogP contribution in [0, 0.1) is 11.3 Å². The lowest BCUT2D eigenvalue weighted by Crippen LogP contribution is -2.42. The first-order valence-electron chi connectivity index (χ1n) is 6.42. The third-order valence-electron chi connectivity index (χ3n) is 3.80. The van der Waals surface area contributed by atoms with E-state index < -0.39 is 0 Å². The summed E-state index contributed by atoms with van der Waals surface area (Å²) in [6, 6.07) is 8.15. The molecule has 0 amide bonds. The third-order valence-corrected chi connectivity index (χ3v) is 3.80. The predicted octanol–water partition coefficient (Wildman–Crippen LogP) is 1.70. The minimum absolute atomic E-state index is 0.372. The number of nitrogen functional groups attached to an aromatic ring is 1. The van der Waals surface area contributed by atoms with Crippen molar-refractivity contribution in [3.8, 4) is 6.07 Å². The Morgan fingerprint density at radius 1 is 1.33 bits per heavy atom. The molecule has 3 rings (SSSR count). The predicted molar refractivity (Wildman–Crippen MR) is 70.3 cm³/mol. The third kappa shape index (κ3) is 2.02. The van der Waals surface area contributed by atoms with Gasteiger partial charge < -0.3 is 15.4 Å². The number of fused-ring (bicyclic) bond motifs is 2. The van der Waals surface area contributed by atoms with Gasteiger partial charge in [0.2, 0.25) is 0 Å². The maximum atomic E-state index is 8.80. The van der Waals surface area contributed by atoms with Crippen LogP contribution >= 0.6 is 0 Å². The molecule has 2 heterocycles. The van der Waals surface area contributed by atoms with Crippen LogP contribution in [0.1, 0.15) is 18.4 Å². The molecule has 0 spiro atoms. The molecular weight excluding hydrogens is 226 g/mol. The van der Waals surface area contributed by atoms with Gasteiger partial charge in [-0.3, -0.25) is 0 Å². The van der Waals surface area contributed by atoms with E-state index in [4.69, 9.17) is 15.7 Å². The van der Waals surface area contributed by atoms with Crippen molar-refractivity contribution in [2.75, 3.05) is 23.7 Å². The van der Waals surface area contributed by atoms with E-state index in [-0.39, 0.29) is 0 Å². The summed E-state index contributed by atoms with van der Waals surface area (Å²) in [7, 11) is 0. The zero-order chi connectivity index (χ0) is 12.5. The molecule has 4 heteroatoms. The average molecular weight is 243 g/mol. The standard InChI is InChI=1S/C14H17N3O/c15-6-5-10-7-11(1-4-14(10)16)17-8-12-2-3-13(9-17)18-12/h1,4,7,12-13H,2-3,5,8-9,16H2. The number of hydrogen-bond donors (Lipinski definition) is 1. The van der Waals surface area contributed by atoms with Crippen molar-refractivity contribution >= 4 is 11.4 Å². The van der Waals surface area contributed by atoms with Crippen LogP contribution in [0.2, 0.25) is 0 Å². The number of nitriles is 1. The first-order chi connectivity index (χ1) is 8.76. The van der Waals surface area contributed by atoms with E-state index in [9.17, 15) is 0 Å². The van der Waals surface area contributed by atoms with Crippen molar-refractivity contribution in [2.45, 2.75) is 31.5 Å². The zero-order valence-electron chi connectivity index (χ0n) is 10.3. The fourth-order valence-corrected chi connectivity index (χ4v) is 2.85. The summed E-state index contributed by atoms with van der Waals surface area (Å²) in [4.78, 5) is 2.35. The number of ether oxygens (including phenoxy) is 1. The van der Waals surface area contributed by atoms with Gasteiger partial charge in [-0.2, -0.15) is 5.26 Å². The smallest absolute Gasteiger partial charge is 0.0755 e. The topological polar surface area (TPSA) is 62.3 Å². The summed E-state index contributed by atoms with van der Waals surface area (Å²) in [5, 5.41) is 8.80. The van der Waals surface area contributed by atoms with E-state index in [2.05, 4.69) is 11.0 Å². The molecule has 2 N–H and O–H groups in total. The van der Waals surface area contributed by atoms with Gasteiger partial charge >= 0.3 is 0 Å². The number of nitrogens with zero attached hydrogens (tertiary/aromatic N) is 2. The lowest BCUT2D eigenvalue weighted by molar-refractivity contribution is 0.0305. The Kier molecular flexibility index (Phi) is 2.85. The quantitative estimate of drug-likeness (QED) is 0.803. The largest absolute Gasteiger partial charge is 0.398 e. The minimum atomic E-state index is 0.372. The van der Waals surface area contributed by atoms with Crippen LogP contribution in [0.5, 0.6) is 0 Å². The van der Waals surface area contributed by atoms with Crippen LogP contribution < -0.4 is 10.6 Å². The second-order valence-electron chi connectivity index (χ2n) is 5.08. The summed E-state index contributed by atoms with van der Waals surface area (Å²) >= 11 is 0. The molecule has 2 bridgehead atoms. The first kappa shape index (κ1) is 11.4. The Morgan fingerprint density at radius 3 is 2.72 bits per heavy atom. The van der Waals surface area contributed by atoms with E-state index in [1.54, 1.807) is 0 Å². The maximum Gasteiger partial charge on any atom is 0.0755 e. The highest BCUT2D eigenvalue weighted by Gasteiger charge is 2.33. The summed E-state index contributed by atoms with van der Waals surface area (Å²) < 4.78 is 5.83. The molecule has 2 aliphatic heterocycles. The molecule has 2 aliphatic rings. The van der Waals surface area contributed by atoms with E-state index in [0.717, 1.165) is 24.3 Å². The number of benzene rings is 1. The van der Waals surface area contributed by atoms with Crippen LogP contribution in [0.3, 0.4) is 0 Å². The monoisotopic (exact) mass is 243 g/mol. The van der Waals surface area contributed by atoms with E-state index in [1.807, 2.05) is 18.2 Å². The van der Waals surface area contributed by atoms with Gasteiger partial charge in [-0.05, 0) is 36.6 Å². The molecule has 1 aromatic rings. The molecule has 2 fully saturated rings. The van der Waals surface area contributed by atoms with Gasteiger partial charge in [0.05, 0.1) is 24.7 Å². The van der Waals surface area contributed by atoms with Crippen LogP contribution in [-0.4, -0.2) is 25.3 Å². The summed E-state index contributed by atoms with van der Waals surface area (Å²) in [5.74, 6) is 0. The van der Waals surface area contributed by atoms with Crippen molar-refractivity contribution in [2.24, 2.45) is 0 Å². The fraction of sp³-hybridized carbons (Fsp3) is 0.500. The Balaban J connectivity index is 1.84. The molecule has 2 atom stereocenters. The Morgan fingerprint density at radius 2 is 2.06 bits per heavy atom. The molecule has 94 valence electrons. The summed E-state index contributed by atoms with van der Waals surface area (Å²) in [5.41, 5.74) is 8.67. The molecule has 0 saturated carbocycles. The van der Waals surface area contributed by atoms with Crippen LogP contribution in [0.15, 0.2) is 18.2 Å². The molecule has 18 heavy (non-hydrogen) atoms. The molecule has 0 aromatic heterocycles. The van der Waals surface area contributed by atoms with Gasteiger partial charge in [-0.1, -0.05) is 0 Å². The van der Waals surface area contributed by atoms with Crippen molar-refractivity contribution in [3.63, 3.8) is 0 Å². The van der Waals surface area contributed by atoms with Gasteiger partial charge in [0.15, 0.2) is 0 Å². The number of rotatable bonds is 2. The Labute approximate surface area is 107 Å². The number of nitrogens with two attached hydrogens (primary N) is 1. The molecule has 1 aromatic carbocycles. The molecule has 0 radical (unpaired) electrons. The number of hydrogen-bond acceptors (Lipinski definition) is 4. The van der Waals surface area contributed by atoms with Crippen LogP contribution in [0.4, 0.5) is 11.4 Å². The van der Waals surface area contributed by atoms with E-state index in [1.165, 1.54) is 12.8 Å². The highest BCUT2D eigenvalue weighted by atomic mass is 16.5. The first-order valence-corrected chi connectivity index (χ1v) is 6.42. The average Bonchev–Trinajstić information content (AvgIpc) is 2.71. The van der Waals surface area contributed by atoms with E-state index in [0.29, 0.717) is 24.3 Å². The summed E-state index contributed by atoms with van der Waals surface area (Å²) in [6.45, 7) is 1.90. The van der Waals surface area contributed by atoms with Crippen molar-refractivity contribution < 1.29 is 4.74 Å². The minimum Gasteiger partial charge on any atom is -0.398 e. The lowest BCUT2D eigenvalue weighted by atomic mass is 10.1. The SMILES string of the molecule is N#CCc1cc(N2CC3CCC(C2)O3)ccc1N. The van der Waals surface area contributed by atoms with Crippen LogP contribution in [-0.2, 0) is 11.2 Å². The van der Waals surface area contributed by atoms with Crippen LogP contribution in [0.25, 0.3) is 0 Å². The normalized spacial score (nSPS) is 26.1. The Bertz CT molecular complexity index is 482. The second-order valence-corrected chi connectivity index (χ2v) is 5.08. The lowest BCUT2D eigenvalue weighted by Gasteiger charge is -2.34. The zero-order valence-corrected chi connectivity index (χ0v) is 10.3. The molecule has 2 unspecified atom stereocenters. The van der Waals surface area contributed by atoms with E-state index >= 15 is 0 Å². The Hall–Kier alpha value is -1.73. The molecule has 4 nitrogen and oxygen atoms in total. The molecular formula is C14H17N3O. The van der Waals surface area contributed by atoms with Gasteiger partial charge in [0.25, 0.3) is 0 Å².